The average molecular weight is 332 g/mol. The van der Waals surface area contributed by atoms with Crippen molar-refractivity contribution in [3.63, 3.8) is 0 Å². The van der Waals surface area contributed by atoms with Gasteiger partial charge in [-0.15, -0.1) is 11.3 Å². The first-order chi connectivity index (χ1) is 10.8. The predicted molar refractivity (Wildman–Crippen MR) is 94.9 cm³/mol. The Morgan fingerprint density at radius 3 is 2.57 bits per heavy atom. The Hall–Kier alpha value is -1.72. The van der Waals surface area contributed by atoms with Gasteiger partial charge >= 0.3 is 0 Å². The Balaban J connectivity index is 2.28. The molecule has 1 aromatic carbocycles. The maximum atomic E-state index is 12.7. The molecular weight excluding hydrogens is 308 g/mol. The van der Waals surface area contributed by atoms with E-state index in [4.69, 9.17) is 0 Å². The topological polar surface area (TPSA) is 53.4 Å². The Labute approximate surface area is 141 Å². The molecule has 0 spiro atoms. The van der Waals surface area contributed by atoms with Gasteiger partial charge in [0.25, 0.3) is 5.91 Å². The molecule has 0 saturated heterocycles. The van der Waals surface area contributed by atoms with Gasteiger partial charge in [0.05, 0.1) is 6.10 Å². The van der Waals surface area contributed by atoms with E-state index in [9.17, 15) is 9.90 Å². The van der Waals surface area contributed by atoms with Gasteiger partial charge in [-0.2, -0.15) is 0 Å². The summed E-state index contributed by atoms with van der Waals surface area (Å²) in [5, 5.41) is 12.3. The van der Waals surface area contributed by atoms with Crippen molar-refractivity contribution in [2.75, 3.05) is 6.54 Å². The largest absolute Gasteiger partial charge is 0.392 e. The second-order valence-electron chi connectivity index (χ2n) is 6.26. The van der Waals surface area contributed by atoms with Crippen LogP contribution in [0.4, 0.5) is 0 Å². The molecule has 23 heavy (non-hydrogen) atoms. The summed E-state index contributed by atoms with van der Waals surface area (Å²) in [7, 11) is 0. The monoisotopic (exact) mass is 332 g/mol. The summed E-state index contributed by atoms with van der Waals surface area (Å²) in [6.07, 6.45) is -0.557. The molecule has 1 amide bonds. The van der Waals surface area contributed by atoms with Crippen LogP contribution < -0.4 is 0 Å². The minimum Gasteiger partial charge on any atom is -0.392 e. The third-order valence-electron chi connectivity index (χ3n) is 3.68. The van der Waals surface area contributed by atoms with Crippen molar-refractivity contribution >= 4 is 17.2 Å². The fraction of sp³-hybridized carbons (Fsp3) is 0.444. The van der Waals surface area contributed by atoms with Crippen LogP contribution in [0.1, 0.15) is 42.4 Å². The number of carbonyl (C=O) groups excluding carboxylic acids is 1. The lowest BCUT2D eigenvalue weighted by Crippen LogP contribution is -2.41. The molecule has 0 aliphatic carbocycles. The van der Waals surface area contributed by atoms with Crippen LogP contribution in [0.2, 0.25) is 0 Å². The molecule has 0 aliphatic rings. The molecular formula is C18H24N2O2S. The SMILES string of the molecule is Cc1ccc(-c2nc(C(=O)N(CC(C)O)C(C)C)cs2)c(C)c1. The molecule has 4 nitrogen and oxygen atoms in total. The standard InChI is InChI=1S/C18H24N2O2S/c1-11(2)20(9-14(5)21)18(22)16-10-23-17(19-16)15-7-6-12(3)8-13(15)4/h6-8,10-11,14,21H,9H2,1-5H3. The van der Waals surface area contributed by atoms with Gasteiger partial charge in [-0.05, 0) is 40.2 Å². The quantitative estimate of drug-likeness (QED) is 0.909. The van der Waals surface area contributed by atoms with E-state index in [1.165, 1.54) is 16.9 Å². The minimum absolute atomic E-state index is 0.0170. The smallest absolute Gasteiger partial charge is 0.273 e. The van der Waals surface area contributed by atoms with Gasteiger partial charge < -0.3 is 10.0 Å². The lowest BCUT2D eigenvalue weighted by atomic mass is 10.1. The van der Waals surface area contributed by atoms with Gasteiger partial charge in [0.1, 0.15) is 10.7 Å². The van der Waals surface area contributed by atoms with E-state index >= 15 is 0 Å². The van der Waals surface area contributed by atoms with Gasteiger partial charge in [-0.1, -0.05) is 23.8 Å². The van der Waals surface area contributed by atoms with Crippen LogP contribution in [0.25, 0.3) is 10.6 Å². The van der Waals surface area contributed by atoms with Gasteiger partial charge in [-0.25, -0.2) is 4.98 Å². The lowest BCUT2D eigenvalue weighted by molar-refractivity contribution is 0.0574. The summed E-state index contributed by atoms with van der Waals surface area (Å²) < 4.78 is 0. The molecule has 1 aromatic heterocycles. The van der Waals surface area contributed by atoms with Crippen molar-refractivity contribution in [2.24, 2.45) is 0 Å². The number of aryl methyl sites for hydroxylation is 2. The molecule has 124 valence electrons. The molecule has 0 bridgehead atoms. The fourth-order valence-electron chi connectivity index (χ4n) is 2.51. The second-order valence-corrected chi connectivity index (χ2v) is 7.11. The Bertz CT molecular complexity index is 692. The number of amides is 1. The number of carbonyl (C=O) groups is 1. The van der Waals surface area contributed by atoms with Crippen molar-refractivity contribution in [1.82, 2.24) is 9.88 Å². The van der Waals surface area contributed by atoms with E-state index in [2.05, 4.69) is 31.0 Å². The number of nitrogens with zero attached hydrogens (tertiary/aromatic N) is 2. The first-order valence-corrected chi connectivity index (χ1v) is 8.69. The number of rotatable bonds is 5. The van der Waals surface area contributed by atoms with Gasteiger partial charge in [0, 0.05) is 23.5 Å². The van der Waals surface area contributed by atoms with E-state index in [-0.39, 0.29) is 11.9 Å². The summed E-state index contributed by atoms with van der Waals surface area (Å²) in [6, 6.07) is 6.24. The van der Waals surface area contributed by atoms with Crippen molar-refractivity contribution in [3.05, 3.63) is 40.4 Å². The Morgan fingerprint density at radius 2 is 2.00 bits per heavy atom. The Kier molecular flexibility index (Phi) is 5.55. The highest BCUT2D eigenvalue weighted by molar-refractivity contribution is 7.13. The van der Waals surface area contributed by atoms with Crippen molar-refractivity contribution in [3.8, 4) is 10.6 Å². The first kappa shape index (κ1) is 17.6. The zero-order valence-electron chi connectivity index (χ0n) is 14.3. The molecule has 2 rings (SSSR count). The van der Waals surface area contributed by atoms with E-state index in [0.717, 1.165) is 16.1 Å². The minimum atomic E-state index is -0.557. The van der Waals surface area contributed by atoms with Gasteiger partial charge in [0.2, 0.25) is 0 Å². The molecule has 0 aliphatic heterocycles. The van der Waals surface area contributed by atoms with Gasteiger partial charge in [-0.3, -0.25) is 4.79 Å². The Morgan fingerprint density at radius 1 is 1.30 bits per heavy atom. The maximum Gasteiger partial charge on any atom is 0.273 e. The molecule has 1 atom stereocenters. The van der Waals surface area contributed by atoms with Crippen LogP contribution in [-0.2, 0) is 0 Å². The van der Waals surface area contributed by atoms with Crippen LogP contribution in [0, 0.1) is 13.8 Å². The van der Waals surface area contributed by atoms with Crippen LogP contribution in [-0.4, -0.2) is 39.6 Å². The molecule has 2 aromatic rings. The zero-order valence-corrected chi connectivity index (χ0v) is 15.1. The highest BCUT2D eigenvalue weighted by Crippen LogP contribution is 2.28. The molecule has 0 saturated carbocycles. The lowest BCUT2D eigenvalue weighted by Gasteiger charge is -2.27. The highest BCUT2D eigenvalue weighted by atomic mass is 32.1. The van der Waals surface area contributed by atoms with E-state index in [1.54, 1.807) is 17.2 Å². The van der Waals surface area contributed by atoms with Crippen LogP contribution in [0.15, 0.2) is 23.6 Å². The van der Waals surface area contributed by atoms with E-state index in [1.807, 2.05) is 19.9 Å². The third kappa shape index (κ3) is 4.18. The molecule has 0 fully saturated rings. The molecule has 1 heterocycles. The van der Waals surface area contributed by atoms with Crippen LogP contribution in [0.5, 0.6) is 0 Å². The first-order valence-electron chi connectivity index (χ1n) is 7.81. The fourth-order valence-corrected chi connectivity index (χ4v) is 3.39. The normalized spacial score (nSPS) is 12.5. The summed E-state index contributed by atoms with van der Waals surface area (Å²) in [5.74, 6) is -0.131. The van der Waals surface area contributed by atoms with Crippen LogP contribution in [0.3, 0.4) is 0 Å². The summed E-state index contributed by atoms with van der Waals surface area (Å²) in [4.78, 5) is 18.8. The number of hydrogen-bond acceptors (Lipinski definition) is 4. The number of aliphatic hydroxyl groups excluding tert-OH is 1. The maximum absolute atomic E-state index is 12.7. The number of aromatic nitrogens is 1. The van der Waals surface area contributed by atoms with E-state index < -0.39 is 6.10 Å². The second kappa shape index (κ2) is 7.23. The number of thiazole rings is 1. The molecule has 5 heteroatoms. The van der Waals surface area contributed by atoms with Crippen molar-refractivity contribution in [1.29, 1.82) is 0 Å². The van der Waals surface area contributed by atoms with E-state index in [0.29, 0.717) is 12.2 Å². The molecule has 1 N–H and O–H groups in total. The zero-order chi connectivity index (χ0) is 17.1. The summed E-state index contributed by atoms with van der Waals surface area (Å²) >= 11 is 1.48. The number of aliphatic hydroxyl groups is 1. The molecule has 1 unspecified atom stereocenters. The predicted octanol–water partition coefficient (Wildman–Crippen LogP) is 3.66. The highest BCUT2D eigenvalue weighted by Gasteiger charge is 2.23. The average Bonchev–Trinajstić information content (AvgIpc) is 2.93. The molecule has 0 radical (unpaired) electrons. The van der Waals surface area contributed by atoms with Crippen LogP contribution >= 0.6 is 11.3 Å². The number of benzene rings is 1. The van der Waals surface area contributed by atoms with Crippen molar-refractivity contribution in [2.45, 2.75) is 46.8 Å². The summed E-state index contributed by atoms with van der Waals surface area (Å²) in [5.41, 5.74) is 3.87. The van der Waals surface area contributed by atoms with Gasteiger partial charge in [0.15, 0.2) is 0 Å². The van der Waals surface area contributed by atoms with Crippen molar-refractivity contribution < 1.29 is 9.90 Å². The number of hydrogen-bond donors (Lipinski definition) is 1. The third-order valence-corrected chi connectivity index (χ3v) is 4.56. The summed E-state index contributed by atoms with van der Waals surface area (Å²) in [6.45, 7) is 10.00.